The van der Waals surface area contributed by atoms with Gasteiger partial charge in [-0.3, -0.25) is 4.79 Å². The van der Waals surface area contributed by atoms with Crippen molar-refractivity contribution in [3.05, 3.63) is 119 Å². The molecule has 6 heteroatoms. The Morgan fingerprint density at radius 1 is 0.595 bits per heavy atom. The molecule has 0 fully saturated rings. The summed E-state index contributed by atoms with van der Waals surface area (Å²) in [5.74, 6) is 2.42. The van der Waals surface area contributed by atoms with Gasteiger partial charge in [0.15, 0.2) is 23.0 Å². The van der Waals surface area contributed by atoms with Crippen LogP contribution in [0.3, 0.4) is 0 Å². The Kier molecular flexibility index (Phi) is 9.02. The fraction of sp³-hybridized carbons (Fsp3) is 0.194. The van der Waals surface area contributed by atoms with Crippen molar-refractivity contribution >= 4 is 5.91 Å². The average Bonchev–Trinajstić information content (AvgIpc) is 2.95. The van der Waals surface area contributed by atoms with Crippen LogP contribution < -0.4 is 24.3 Å². The summed E-state index contributed by atoms with van der Waals surface area (Å²) in [7, 11) is 3.20. The van der Waals surface area contributed by atoms with E-state index in [2.05, 4.69) is 5.32 Å². The molecule has 1 N–H and O–H groups in total. The Hall–Kier alpha value is -4.45. The van der Waals surface area contributed by atoms with Gasteiger partial charge in [-0.05, 0) is 46.5 Å². The second-order valence-corrected chi connectivity index (χ2v) is 8.47. The predicted octanol–water partition coefficient (Wildman–Crippen LogP) is 5.72. The molecule has 4 aromatic rings. The Labute approximate surface area is 217 Å². The number of methoxy groups -OCH3 is 2. The zero-order valence-corrected chi connectivity index (χ0v) is 21.1. The molecule has 0 heterocycles. The number of ether oxygens (including phenoxy) is 4. The molecule has 190 valence electrons. The summed E-state index contributed by atoms with van der Waals surface area (Å²) >= 11 is 0. The number of rotatable bonds is 12. The number of carbonyl (C=O) groups is 1. The highest BCUT2D eigenvalue weighted by atomic mass is 16.5. The summed E-state index contributed by atoms with van der Waals surface area (Å²) in [6.45, 7) is 1.27. The first kappa shape index (κ1) is 25.6. The maximum Gasteiger partial charge on any atom is 0.224 e. The summed E-state index contributed by atoms with van der Waals surface area (Å²) in [5, 5.41) is 2.97. The molecule has 0 aromatic heterocycles. The van der Waals surface area contributed by atoms with Crippen LogP contribution in [0.25, 0.3) is 0 Å². The highest BCUT2D eigenvalue weighted by Crippen LogP contribution is 2.30. The summed E-state index contributed by atoms with van der Waals surface area (Å²) in [5.41, 5.74) is 3.90. The van der Waals surface area contributed by atoms with E-state index in [9.17, 15) is 4.79 Å². The third kappa shape index (κ3) is 7.51. The van der Waals surface area contributed by atoms with Gasteiger partial charge in [-0.2, -0.15) is 0 Å². The standard InChI is InChI=1S/C31H31NO5/c1-34-29-17-25(13-15-27(29)36-21-23-9-5-3-6-10-23)19-31(33)32-20-26-14-16-28(30(18-26)35-2)37-22-24-11-7-4-8-12-24/h3-18H,19-22H2,1-2H3,(H,32,33). The highest BCUT2D eigenvalue weighted by molar-refractivity contribution is 5.78. The molecule has 0 atom stereocenters. The molecule has 0 aliphatic carbocycles. The van der Waals surface area contributed by atoms with E-state index >= 15 is 0 Å². The molecular formula is C31H31NO5. The van der Waals surface area contributed by atoms with Crippen molar-refractivity contribution in [1.82, 2.24) is 5.32 Å². The molecule has 4 rings (SSSR count). The van der Waals surface area contributed by atoms with Crippen LogP contribution in [0.15, 0.2) is 97.1 Å². The second-order valence-electron chi connectivity index (χ2n) is 8.47. The largest absolute Gasteiger partial charge is 0.493 e. The molecule has 6 nitrogen and oxygen atoms in total. The quantitative estimate of drug-likeness (QED) is 0.271. The molecule has 0 saturated carbocycles. The topological polar surface area (TPSA) is 66.0 Å². The maximum atomic E-state index is 12.6. The molecule has 0 aliphatic rings. The van der Waals surface area contributed by atoms with E-state index < -0.39 is 0 Å². The Balaban J connectivity index is 1.30. The van der Waals surface area contributed by atoms with Crippen LogP contribution in [0.2, 0.25) is 0 Å². The van der Waals surface area contributed by atoms with Crippen LogP contribution in [-0.4, -0.2) is 20.1 Å². The van der Waals surface area contributed by atoms with Gasteiger partial charge in [0.05, 0.1) is 20.6 Å². The molecule has 1 amide bonds. The van der Waals surface area contributed by atoms with Crippen molar-refractivity contribution in [1.29, 1.82) is 0 Å². The van der Waals surface area contributed by atoms with Crippen LogP contribution in [0.4, 0.5) is 0 Å². The van der Waals surface area contributed by atoms with Gasteiger partial charge >= 0.3 is 0 Å². The van der Waals surface area contributed by atoms with Crippen molar-refractivity contribution in [3.63, 3.8) is 0 Å². The fourth-order valence-electron chi connectivity index (χ4n) is 3.80. The first-order valence-electron chi connectivity index (χ1n) is 12.1. The highest BCUT2D eigenvalue weighted by Gasteiger charge is 2.11. The van der Waals surface area contributed by atoms with Crippen molar-refractivity contribution in [2.75, 3.05) is 14.2 Å². The first-order chi connectivity index (χ1) is 18.1. The molecule has 37 heavy (non-hydrogen) atoms. The third-order valence-electron chi connectivity index (χ3n) is 5.78. The zero-order valence-electron chi connectivity index (χ0n) is 21.1. The van der Waals surface area contributed by atoms with E-state index in [-0.39, 0.29) is 12.3 Å². The number of benzene rings is 4. The number of carbonyl (C=O) groups excluding carboxylic acids is 1. The molecule has 0 bridgehead atoms. The van der Waals surface area contributed by atoms with E-state index in [1.54, 1.807) is 14.2 Å². The van der Waals surface area contributed by atoms with Gasteiger partial charge in [0.2, 0.25) is 5.91 Å². The predicted molar refractivity (Wildman–Crippen MR) is 143 cm³/mol. The van der Waals surface area contributed by atoms with Crippen LogP contribution in [0, 0.1) is 0 Å². The van der Waals surface area contributed by atoms with E-state index in [1.165, 1.54) is 0 Å². The second kappa shape index (κ2) is 13.0. The van der Waals surface area contributed by atoms with Gasteiger partial charge in [-0.25, -0.2) is 0 Å². The lowest BCUT2D eigenvalue weighted by molar-refractivity contribution is -0.120. The first-order valence-corrected chi connectivity index (χ1v) is 12.1. The Morgan fingerprint density at radius 2 is 1.08 bits per heavy atom. The van der Waals surface area contributed by atoms with Crippen LogP contribution >= 0.6 is 0 Å². The molecule has 0 aliphatic heterocycles. The summed E-state index contributed by atoms with van der Waals surface area (Å²) in [6.07, 6.45) is 0.227. The summed E-state index contributed by atoms with van der Waals surface area (Å²) in [4.78, 5) is 12.6. The minimum Gasteiger partial charge on any atom is -0.493 e. The average molecular weight is 498 g/mol. The van der Waals surface area contributed by atoms with E-state index in [0.29, 0.717) is 42.8 Å². The maximum absolute atomic E-state index is 12.6. The SMILES string of the molecule is COc1cc(CNC(=O)Cc2ccc(OCc3ccccc3)c(OC)c2)ccc1OCc1ccccc1. The fourth-order valence-corrected chi connectivity index (χ4v) is 3.80. The lowest BCUT2D eigenvalue weighted by Crippen LogP contribution is -2.24. The van der Waals surface area contributed by atoms with Gasteiger partial charge in [0.25, 0.3) is 0 Å². The van der Waals surface area contributed by atoms with Crippen molar-refractivity contribution < 1.29 is 23.7 Å². The van der Waals surface area contributed by atoms with Crippen molar-refractivity contribution in [2.24, 2.45) is 0 Å². The third-order valence-corrected chi connectivity index (χ3v) is 5.78. The van der Waals surface area contributed by atoms with Gasteiger partial charge in [0, 0.05) is 6.54 Å². The van der Waals surface area contributed by atoms with Gasteiger partial charge in [-0.1, -0.05) is 72.8 Å². The molecule has 0 radical (unpaired) electrons. The van der Waals surface area contributed by atoms with Gasteiger partial charge < -0.3 is 24.3 Å². The molecule has 0 saturated heterocycles. The van der Waals surface area contributed by atoms with E-state index in [0.717, 1.165) is 22.3 Å². The Bertz CT molecular complexity index is 1290. The van der Waals surface area contributed by atoms with Crippen LogP contribution in [-0.2, 0) is 31.0 Å². The van der Waals surface area contributed by atoms with Gasteiger partial charge in [0.1, 0.15) is 13.2 Å². The lowest BCUT2D eigenvalue weighted by Gasteiger charge is -2.14. The summed E-state index contributed by atoms with van der Waals surface area (Å²) in [6, 6.07) is 31.1. The Morgan fingerprint density at radius 3 is 1.59 bits per heavy atom. The number of nitrogens with one attached hydrogen (secondary N) is 1. The number of hydrogen-bond acceptors (Lipinski definition) is 5. The molecule has 4 aromatic carbocycles. The van der Waals surface area contributed by atoms with Gasteiger partial charge in [-0.15, -0.1) is 0 Å². The minimum absolute atomic E-state index is 0.0941. The van der Waals surface area contributed by atoms with Crippen molar-refractivity contribution in [2.45, 2.75) is 26.2 Å². The smallest absolute Gasteiger partial charge is 0.224 e. The zero-order chi connectivity index (χ0) is 25.9. The molecule has 0 unspecified atom stereocenters. The molecular weight excluding hydrogens is 466 g/mol. The van der Waals surface area contributed by atoms with E-state index in [4.69, 9.17) is 18.9 Å². The monoisotopic (exact) mass is 497 g/mol. The van der Waals surface area contributed by atoms with E-state index in [1.807, 2.05) is 97.1 Å². The van der Waals surface area contributed by atoms with Crippen LogP contribution in [0.5, 0.6) is 23.0 Å². The lowest BCUT2D eigenvalue weighted by atomic mass is 10.1. The van der Waals surface area contributed by atoms with Crippen molar-refractivity contribution in [3.8, 4) is 23.0 Å². The summed E-state index contributed by atoms with van der Waals surface area (Å²) < 4.78 is 22.8. The molecule has 0 spiro atoms. The number of hydrogen-bond donors (Lipinski definition) is 1. The number of amides is 1. The minimum atomic E-state index is -0.0941. The van der Waals surface area contributed by atoms with Crippen LogP contribution in [0.1, 0.15) is 22.3 Å². The normalized spacial score (nSPS) is 10.4.